The highest BCUT2D eigenvalue weighted by molar-refractivity contribution is 7.14. The number of hydrogen-bond donors (Lipinski definition) is 3. The average molecular weight is 411 g/mol. The molecular formula is C20H19ClN6S. The van der Waals surface area contributed by atoms with Crippen molar-refractivity contribution in [2.75, 3.05) is 0 Å². The molecule has 0 aliphatic carbocycles. The Morgan fingerprint density at radius 2 is 2.04 bits per heavy atom. The smallest absolute Gasteiger partial charge is 0.144 e. The van der Waals surface area contributed by atoms with Crippen molar-refractivity contribution in [3.05, 3.63) is 80.5 Å². The van der Waals surface area contributed by atoms with Crippen LogP contribution in [0, 0.1) is 10.8 Å². The molecule has 6 nitrogen and oxygen atoms in total. The number of nitrogens with zero attached hydrogens (tertiary/aromatic N) is 3. The van der Waals surface area contributed by atoms with Crippen LogP contribution in [0.25, 0.3) is 0 Å². The quantitative estimate of drug-likeness (QED) is 0.399. The largest absolute Gasteiger partial charge is 0.382 e. The molecule has 0 amide bonds. The summed E-state index contributed by atoms with van der Waals surface area (Å²) in [6.07, 6.45) is 3.17. The molecule has 0 aliphatic rings. The molecule has 0 saturated heterocycles. The normalized spacial score (nSPS) is 12.6. The highest BCUT2D eigenvalue weighted by Crippen LogP contribution is 2.31. The SMILES string of the molecule is CC(=N)C(c1ccccn1)c1nc(Cc2ccc(Cl)cc2)c(C(N)=NC=N)s1. The van der Waals surface area contributed by atoms with E-state index in [1.807, 2.05) is 42.5 Å². The summed E-state index contributed by atoms with van der Waals surface area (Å²) in [7, 11) is 0. The third-order valence-corrected chi connectivity index (χ3v) is 5.54. The zero-order chi connectivity index (χ0) is 20.1. The van der Waals surface area contributed by atoms with Crippen molar-refractivity contribution in [2.45, 2.75) is 19.3 Å². The molecule has 4 N–H and O–H groups in total. The van der Waals surface area contributed by atoms with Gasteiger partial charge < -0.3 is 11.1 Å². The van der Waals surface area contributed by atoms with Gasteiger partial charge in [-0.05, 0) is 36.8 Å². The number of aromatic nitrogens is 2. The van der Waals surface area contributed by atoms with Gasteiger partial charge >= 0.3 is 0 Å². The van der Waals surface area contributed by atoms with Gasteiger partial charge in [0.15, 0.2) is 0 Å². The zero-order valence-corrected chi connectivity index (χ0v) is 16.8. The van der Waals surface area contributed by atoms with Crippen molar-refractivity contribution in [1.82, 2.24) is 9.97 Å². The van der Waals surface area contributed by atoms with Gasteiger partial charge in [0.25, 0.3) is 0 Å². The lowest BCUT2D eigenvalue weighted by atomic mass is 10.0. The second kappa shape index (κ2) is 8.86. The highest BCUT2D eigenvalue weighted by Gasteiger charge is 2.25. The number of aliphatic imine (C=N–C) groups is 1. The van der Waals surface area contributed by atoms with Crippen LogP contribution < -0.4 is 5.73 Å². The maximum absolute atomic E-state index is 8.25. The second-order valence-corrected chi connectivity index (χ2v) is 7.61. The number of nitrogens with two attached hydrogens (primary N) is 1. The van der Waals surface area contributed by atoms with Crippen LogP contribution in [0.15, 0.2) is 53.7 Å². The standard InChI is InChI=1S/C20H19ClN6S/c1-12(23)17(15-4-2-3-9-25-15)20-27-16(18(28-20)19(24)26-11-22)10-13-5-7-14(21)8-6-13/h2-9,11,17,23H,10H2,1H3,(H3,22,24,26). The lowest BCUT2D eigenvalue weighted by molar-refractivity contribution is 0.943. The Balaban J connectivity index is 2.07. The second-order valence-electron chi connectivity index (χ2n) is 6.15. The molecule has 2 aromatic heterocycles. The molecule has 142 valence electrons. The fraction of sp³-hybridized carbons (Fsp3) is 0.150. The molecule has 3 aromatic rings. The van der Waals surface area contributed by atoms with Gasteiger partial charge in [0, 0.05) is 23.4 Å². The lowest BCUT2D eigenvalue weighted by Crippen LogP contribution is -2.14. The number of nitrogens with one attached hydrogen (secondary N) is 2. The van der Waals surface area contributed by atoms with E-state index < -0.39 is 0 Å². The minimum absolute atomic E-state index is 0.241. The predicted octanol–water partition coefficient (Wildman–Crippen LogP) is 4.27. The van der Waals surface area contributed by atoms with Gasteiger partial charge in [0.1, 0.15) is 17.2 Å². The minimum atomic E-state index is -0.350. The number of amidine groups is 1. The van der Waals surface area contributed by atoms with Gasteiger partial charge in [-0.2, -0.15) is 0 Å². The van der Waals surface area contributed by atoms with Crippen molar-refractivity contribution < 1.29 is 0 Å². The zero-order valence-electron chi connectivity index (χ0n) is 15.2. The van der Waals surface area contributed by atoms with Gasteiger partial charge in [-0.15, -0.1) is 11.3 Å². The maximum Gasteiger partial charge on any atom is 0.144 e. The Labute approximate surface area is 172 Å². The van der Waals surface area contributed by atoms with Crippen molar-refractivity contribution >= 4 is 40.8 Å². The monoisotopic (exact) mass is 410 g/mol. The average Bonchev–Trinajstić information content (AvgIpc) is 3.08. The van der Waals surface area contributed by atoms with E-state index in [0.717, 1.165) is 28.3 Å². The molecule has 1 atom stereocenters. The van der Waals surface area contributed by atoms with Crippen molar-refractivity contribution in [2.24, 2.45) is 10.7 Å². The Morgan fingerprint density at radius 3 is 2.64 bits per heavy atom. The van der Waals surface area contributed by atoms with E-state index in [0.29, 0.717) is 22.0 Å². The number of rotatable bonds is 7. The van der Waals surface area contributed by atoms with Gasteiger partial charge in [-0.3, -0.25) is 10.4 Å². The maximum atomic E-state index is 8.25. The highest BCUT2D eigenvalue weighted by atomic mass is 35.5. The van der Waals surface area contributed by atoms with Crippen LogP contribution in [0.5, 0.6) is 0 Å². The summed E-state index contributed by atoms with van der Waals surface area (Å²) in [5.41, 5.74) is 9.09. The van der Waals surface area contributed by atoms with Crippen LogP contribution in [0.1, 0.15) is 39.7 Å². The molecule has 2 heterocycles. The Morgan fingerprint density at radius 1 is 1.29 bits per heavy atom. The van der Waals surface area contributed by atoms with Gasteiger partial charge in [0.2, 0.25) is 0 Å². The third-order valence-electron chi connectivity index (χ3n) is 4.10. The summed E-state index contributed by atoms with van der Waals surface area (Å²) in [5.74, 6) is -0.109. The van der Waals surface area contributed by atoms with Crippen molar-refractivity contribution in [3.8, 4) is 0 Å². The summed E-state index contributed by atoms with van der Waals surface area (Å²) in [5, 5.41) is 16.9. The molecular weight excluding hydrogens is 392 g/mol. The summed E-state index contributed by atoms with van der Waals surface area (Å²) >= 11 is 7.36. The van der Waals surface area contributed by atoms with Crippen LogP contribution in [-0.4, -0.2) is 27.9 Å². The Kier molecular flexibility index (Phi) is 6.28. The lowest BCUT2D eigenvalue weighted by Gasteiger charge is -2.12. The van der Waals surface area contributed by atoms with Crippen LogP contribution in [0.2, 0.25) is 5.02 Å². The van der Waals surface area contributed by atoms with E-state index in [1.165, 1.54) is 11.3 Å². The van der Waals surface area contributed by atoms with E-state index >= 15 is 0 Å². The summed E-state index contributed by atoms with van der Waals surface area (Å²) in [6, 6.07) is 13.2. The molecule has 1 aromatic carbocycles. The molecule has 0 bridgehead atoms. The van der Waals surface area contributed by atoms with Crippen LogP contribution >= 0.6 is 22.9 Å². The molecule has 0 radical (unpaired) electrons. The molecule has 0 aliphatic heterocycles. The number of thiazole rings is 1. The molecule has 8 heteroatoms. The van der Waals surface area contributed by atoms with E-state index in [9.17, 15) is 0 Å². The first kappa shape index (κ1) is 19.9. The van der Waals surface area contributed by atoms with E-state index in [-0.39, 0.29) is 11.8 Å². The summed E-state index contributed by atoms with van der Waals surface area (Å²) < 4.78 is 0. The van der Waals surface area contributed by atoms with E-state index in [2.05, 4.69) is 9.98 Å². The Bertz CT molecular complexity index is 1010. The molecule has 0 spiro atoms. The molecule has 1 unspecified atom stereocenters. The fourth-order valence-corrected chi connectivity index (χ4v) is 4.12. The van der Waals surface area contributed by atoms with Crippen LogP contribution in [-0.2, 0) is 6.42 Å². The fourth-order valence-electron chi connectivity index (χ4n) is 2.82. The number of benzene rings is 1. The summed E-state index contributed by atoms with van der Waals surface area (Å²) in [6.45, 7) is 1.74. The number of halogens is 1. The molecule has 28 heavy (non-hydrogen) atoms. The number of hydrogen-bond acceptors (Lipinski definition) is 5. The predicted molar refractivity (Wildman–Crippen MR) is 115 cm³/mol. The van der Waals surface area contributed by atoms with Gasteiger partial charge in [0.05, 0.1) is 22.2 Å². The number of pyridine rings is 1. The first-order chi connectivity index (χ1) is 13.5. The van der Waals surface area contributed by atoms with Crippen molar-refractivity contribution in [1.29, 1.82) is 10.8 Å². The van der Waals surface area contributed by atoms with Crippen molar-refractivity contribution in [3.63, 3.8) is 0 Å². The minimum Gasteiger partial charge on any atom is -0.382 e. The van der Waals surface area contributed by atoms with Gasteiger partial charge in [-0.25, -0.2) is 9.98 Å². The first-order valence-corrected chi connectivity index (χ1v) is 9.71. The Hall–Kier alpha value is -2.90. The van der Waals surface area contributed by atoms with E-state index in [4.69, 9.17) is 33.1 Å². The molecule has 0 saturated carbocycles. The van der Waals surface area contributed by atoms with E-state index in [1.54, 1.807) is 13.1 Å². The molecule has 0 fully saturated rings. The third kappa shape index (κ3) is 4.49. The first-order valence-electron chi connectivity index (χ1n) is 8.52. The van der Waals surface area contributed by atoms with Crippen LogP contribution in [0.3, 0.4) is 0 Å². The van der Waals surface area contributed by atoms with Gasteiger partial charge in [-0.1, -0.05) is 29.8 Å². The molecule has 3 rings (SSSR count). The topological polar surface area (TPSA) is 112 Å². The van der Waals surface area contributed by atoms with Crippen LogP contribution in [0.4, 0.5) is 0 Å². The summed E-state index contributed by atoms with van der Waals surface area (Å²) in [4.78, 5) is 13.8.